The molecule has 1 rings (SSSR count). The normalized spacial score (nSPS) is 18.5. The van der Waals surface area contributed by atoms with E-state index in [1.165, 1.54) is 0 Å². The molecule has 8 heavy (non-hydrogen) atoms. The maximum Gasteiger partial charge on any atom is 0.337 e. The van der Waals surface area contributed by atoms with E-state index in [0.29, 0.717) is 0 Å². The molecule has 1 heterocycles. The van der Waals surface area contributed by atoms with Gasteiger partial charge in [0.25, 0.3) is 5.78 Å². The lowest BCUT2D eigenvalue weighted by Gasteiger charge is -1.96. The zero-order valence-corrected chi connectivity index (χ0v) is 3.83. The fraction of sp³-hybridized carbons (Fsp3) is 0.333. The fourth-order valence-corrected chi connectivity index (χ4v) is 0.271. The quantitative estimate of drug-likeness (QED) is 0.398. The summed E-state index contributed by atoms with van der Waals surface area (Å²) in [6.45, 7) is -0.275. The zero-order valence-electron chi connectivity index (χ0n) is 3.83. The van der Waals surface area contributed by atoms with Crippen LogP contribution in [-0.4, -0.2) is 18.3 Å². The molecule has 0 fully saturated rings. The third-order valence-electron chi connectivity index (χ3n) is 0.624. The van der Waals surface area contributed by atoms with Gasteiger partial charge in [0, 0.05) is 5.28 Å². The summed E-state index contributed by atoms with van der Waals surface area (Å²) in [5.74, 6) is -1.49. The summed E-state index contributed by atoms with van der Waals surface area (Å²) >= 11 is 0. The minimum atomic E-state index is -0.837. The van der Waals surface area contributed by atoms with Crippen molar-refractivity contribution in [3.05, 3.63) is 0 Å². The molecule has 5 heteroatoms. The largest absolute Gasteiger partial charge is 0.371 e. The summed E-state index contributed by atoms with van der Waals surface area (Å²) < 4.78 is 0. The fourth-order valence-electron chi connectivity index (χ4n) is 0.271. The average molecular weight is 114 g/mol. The Morgan fingerprint density at radius 3 is 2.62 bits per heavy atom. The minimum absolute atomic E-state index is 0.275. The van der Waals surface area contributed by atoms with Gasteiger partial charge < -0.3 is 4.84 Å². The van der Waals surface area contributed by atoms with Gasteiger partial charge in [-0.1, -0.05) is 5.11 Å². The van der Waals surface area contributed by atoms with E-state index in [-0.39, 0.29) is 6.61 Å². The second kappa shape index (κ2) is 1.69. The summed E-state index contributed by atoms with van der Waals surface area (Å²) in [5, 5.41) is 5.69. The van der Waals surface area contributed by atoms with Gasteiger partial charge in [0.2, 0.25) is 0 Å². The first-order chi connectivity index (χ1) is 3.80. The second-order valence-corrected chi connectivity index (χ2v) is 1.18. The maximum atomic E-state index is 10.2. The van der Waals surface area contributed by atoms with E-state index in [0.717, 1.165) is 0 Å². The molecule has 0 aromatic heterocycles. The molecule has 0 radical (unpaired) electrons. The SMILES string of the molecule is O=C1CON=NC1=O. The molecule has 0 bridgehead atoms. The average Bonchev–Trinajstić information content (AvgIpc) is 1.77. The first-order valence-electron chi connectivity index (χ1n) is 1.91. The van der Waals surface area contributed by atoms with Crippen molar-refractivity contribution in [2.75, 3.05) is 6.61 Å². The smallest absolute Gasteiger partial charge is 0.337 e. The Labute approximate surface area is 44.3 Å². The number of ketones is 1. The molecular formula is C3H2N2O3. The van der Waals surface area contributed by atoms with E-state index in [1.54, 1.807) is 0 Å². The van der Waals surface area contributed by atoms with Crippen LogP contribution in [0.4, 0.5) is 0 Å². The lowest BCUT2D eigenvalue weighted by molar-refractivity contribution is -0.142. The Morgan fingerprint density at radius 2 is 2.25 bits per heavy atom. The van der Waals surface area contributed by atoms with Gasteiger partial charge in [-0.15, -0.1) is 0 Å². The number of rotatable bonds is 0. The van der Waals surface area contributed by atoms with E-state index in [9.17, 15) is 9.59 Å². The van der Waals surface area contributed by atoms with Gasteiger partial charge in [-0.25, -0.2) is 0 Å². The molecule has 0 aliphatic carbocycles. The highest BCUT2D eigenvalue weighted by atomic mass is 16.6. The predicted octanol–water partition coefficient (Wildman–Crippen LogP) is -0.520. The maximum absolute atomic E-state index is 10.2. The highest BCUT2D eigenvalue weighted by molar-refractivity contribution is 6.37. The minimum Gasteiger partial charge on any atom is -0.371 e. The number of amides is 1. The molecular weight excluding hydrogens is 112 g/mol. The van der Waals surface area contributed by atoms with Gasteiger partial charge in [-0.3, -0.25) is 9.59 Å². The van der Waals surface area contributed by atoms with Crippen LogP contribution >= 0.6 is 0 Å². The molecule has 0 unspecified atom stereocenters. The van der Waals surface area contributed by atoms with Crippen molar-refractivity contribution in [3.63, 3.8) is 0 Å². The number of carbonyl (C=O) groups is 2. The van der Waals surface area contributed by atoms with Crippen LogP contribution in [0.1, 0.15) is 0 Å². The van der Waals surface area contributed by atoms with Gasteiger partial charge in [0.1, 0.15) is 0 Å². The lowest BCUT2D eigenvalue weighted by Crippen LogP contribution is -2.19. The molecule has 0 aromatic rings. The topological polar surface area (TPSA) is 68.1 Å². The first kappa shape index (κ1) is 4.89. The first-order valence-corrected chi connectivity index (χ1v) is 1.91. The van der Waals surface area contributed by atoms with Crippen molar-refractivity contribution in [1.29, 1.82) is 0 Å². The van der Waals surface area contributed by atoms with Crippen molar-refractivity contribution in [1.82, 2.24) is 0 Å². The molecule has 1 aliphatic rings. The molecule has 1 aliphatic heterocycles. The van der Waals surface area contributed by atoms with Gasteiger partial charge in [0.15, 0.2) is 6.61 Å². The number of nitrogens with zero attached hydrogens (tertiary/aromatic N) is 2. The number of hydrogen-bond acceptors (Lipinski definition) is 4. The highest BCUT2D eigenvalue weighted by Gasteiger charge is 2.16. The van der Waals surface area contributed by atoms with Crippen LogP contribution in [0.3, 0.4) is 0 Å². The monoisotopic (exact) mass is 114 g/mol. The van der Waals surface area contributed by atoms with Gasteiger partial charge in [-0.05, 0) is 0 Å². The zero-order chi connectivity index (χ0) is 5.98. The van der Waals surface area contributed by atoms with Crippen LogP contribution in [0, 0.1) is 0 Å². The number of hydrogen-bond donors (Lipinski definition) is 0. The van der Waals surface area contributed by atoms with Crippen LogP contribution in [-0.2, 0) is 14.4 Å². The summed E-state index contributed by atoms with van der Waals surface area (Å²) in [5.41, 5.74) is 0. The highest BCUT2D eigenvalue weighted by Crippen LogP contribution is 1.91. The number of carbonyl (C=O) groups excluding carboxylic acids is 2. The molecule has 0 spiro atoms. The van der Waals surface area contributed by atoms with E-state index < -0.39 is 11.7 Å². The Balaban J connectivity index is 2.75. The third kappa shape index (κ3) is 0.699. The standard InChI is InChI=1S/C3H2N2O3/c6-2-1-8-5-4-3(2)7/h1H2. The molecule has 0 saturated carbocycles. The van der Waals surface area contributed by atoms with Crippen molar-refractivity contribution in [2.24, 2.45) is 10.4 Å². The molecule has 42 valence electrons. The Morgan fingerprint density at radius 1 is 1.50 bits per heavy atom. The Bertz CT molecular complexity index is 162. The molecule has 5 nitrogen and oxygen atoms in total. The summed E-state index contributed by atoms with van der Waals surface area (Å²) in [6.07, 6.45) is 0. The molecule has 1 amide bonds. The van der Waals surface area contributed by atoms with E-state index >= 15 is 0 Å². The van der Waals surface area contributed by atoms with Gasteiger partial charge in [-0.2, -0.15) is 0 Å². The summed E-state index contributed by atoms with van der Waals surface area (Å²) in [7, 11) is 0. The van der Waals surface area contributed by atoms with E-state index in [2.05, 4.69) is 15.2 Å². The van der Waals surface area contributed by atoms with E-state index in [1.807, 2.05) is 0 Å². The molecule has 0 saturated heterocycles. The van der Waals surface area contributed by atoms with E-state index in [4.69, 9.17) is 0 Å². The Hall–Kier alpha value is -1.26. The molecule has 0 N–H and O–H groups in total. The van der Waals surface area contributed by atoms with Crippen molar-refractivity contribution in [2.45, 2.75) is 0 Å². The van der Waals surface area contributed by atoms with Crippen LogP contribution in [0.25, 0.3) is 0 Å². The van der Waals surface area contributed by atoms with Gasteiger partial charge >= 0.3 is 5.91 Å². The van der Waals surface area contributed by atoms with Crippen molar-refractivity contribution >= 4 is 11.7 Å². The van der Waals surface area contributed by atoms with Crippen LogP contribution < -0.4 is 0 Å². The Kier molecular flexibility index (Phi) is 1.03. The van der Waals surface area contributed by atoms with Crippen molar-refractivity contribution in [3.8, 4) is 0 Å². The lowest BCUT2D eigenvalue weighted by atomic mass is 10.4. The predicted molar refractivity (Wildman–Crippen MR) is 20.8 cm³/mol. The molecule has 0 aromatic carbocycles. The van der Waals surface area contributed by atoms with Crippen molar-refractivity contribution < 1.29 is 14.4 Å². The van der Waals surface area contributed by atoms with Crippen LogP contribution in [0.2, 0.25) is 0 Å². The second-order valence-electron chi connectivity index (χ2n) is 1.18. The van der Waals surface area contributed by atoms with Gasteiger partial charge in [0.05, 0.1) is 0 Å². The molecule has 0 atom stereocenters. The third-order valence-corrected chi connectivity index (χ3v) is 0.624. The van der Waals surface area contributed by atoms with Crippen LogP contribution in [0.15, 0.2) is 10.4 Å². The summed E-state index contributed by atoms with van der Waals surface area (Å²) in [4.78, 5) is 24.4. The number of Topliss-reactive ketones (excluding diaryl/α,β-unsaturated/α-hetero) is 1. The van der Waals surface area contributed by atoms with Crippen LogP contribution in [0.5, 0.6) is 0 Å². The summed E-state index contributed by atoms with van der Waals surface area (Å²) in [6, 6.07) is 0.